The number of likely N-dealkylation sites (tertiary alicyclic amines) is 1. The van der Waals surface area contributed by atoms with Crippen molar-refractivity contribution in [2.24, 2.45) is 11.8 Å². The SMILES string of the molecule is CC1CCCN(CCC2CCNC2)CC1. The molecule has 0 aromatic rings. The first-order chi connectivity index (χ1) is 7.34. The van der Waals surface area contributed by atoms with Gasteiger partial charge in [-0.3, -0.25) is 0 Å². The third-order valence-electron chi connectivity index (χ3n) is 4.13. The zero-order valence-electron chi connectivity index (χ0n) is 10.2. The van der Waals surface area contributed by atoms with E-state index in [0.29, 0.717) is 0 Å². The highest BCUT2D eigenvalue weighted by Crippen LogP contribution is 2.18. The maximum atomic E-state index is 3.46. The second kappa shape index (κ2) is 5.86. The van der Waals surface area contributed by atoms with Crippen molar-refractivity contribution in [3.05, 3.63) is 0 Å². The average molecular weight is 210 g/mol. The van der Waals surface area contributed by atoms with Crippen LogP contribution in [0.1, 0.15) is 39.0 Å². The molecular weight excluding hydrogens is 184 g/mol. The van der Waals surface area contributed by atoms with E-state index in [4.69, 9.17) is 0 Å². The van der Waals surface area contributed by atoms with Gasteiger partial charge < -0.3 is 10.2 Å². The highest BCUT2D eigenvalue weighted by Gasteiger charge is 2.17. The van der Waals surface area contributed by atoms with Crippen molar-refractivity contribution in [3.63, 3.8) is 0 Å². The predicted octanol–water partition coefficient (Wildman–Crippen LogP) is 2.11. The Bertz CT molecular complexity index is 175. The molecule has 2 atom stereocenters. The number of rotatable bonds is 3. The Labute approximate surface area is 94.4 Å². The molecule has 0 spiro atoms. The highest BCUT2D eigenvalue weighted by atomic mass is 15.1. The Hall–Kier alpha value is -0.0800. The predicted molar refractivity (Wildman–Crippen MR) is 65.0 cm³/mol. The summed E-state index contributed by atoms with van der Waals surface area (Å²) in [6.07, 6.45) is 7.11. The van der Waals surface area contributed by atoms with Crippen molar-refractivity contribution in [2.75, 3.05) is 32.7 Å². The summed E-state index contributed by atoms with van der Waals surface area (Å²) in [5.41, 5.74) is 0. The Morgan fingerprint density at radius 2 is 2.13 bits per heavy atom. The van der Waals surface area contributed by atoms with Gasteiger partial charge in [-0.25, -0.2) is 0 Å². The smallest absolute Gasteiger partial charge is 0.00156 e. The zero-order chi connectivity index (χ0) is 10.5. The molecule has 15 heavy (non-hydrogen) atoms. The minimum atomic E-state index is 0.961. The van der Waals surface area contributed by atoms with Crippen LogP contribution < -0.4 is 5.32 Å². The molecule has 2 aliphatic rings. The fourth-order valence-corrected chi connectivity index (χ4v) is 2.87. The summed E-state index contributed by atoms with van der Waals surface area (Å²) in [6.45, 7) is 8.97. The van der Waals surface area contributed by atoms with E-state index in [1.54, 1.807) is 0 Å². The molecule has 2 rings (SSSR count). The molecule has 0 aromatic heterocycles. The summed E-state index contributed by atoms with van der Waals surface area (Å²) >= 11 is 0. The van der Waals surface area contributed by atoms with Crippen LogP contribution >= 0.6 is 0 Å². The van der Waals surface area contributed by atoms with Gasteiger partial charge in [-0.15, -0.1) is 0 Å². The van der Waals surface area contributed by atoms with Gasteiger partial charge >= 0.3 is 0 Å². The van der Waals surface area contributed by atoms with Crippen LogP contribution in [-0.4, -0.2) is 37.6 Å². The van der Waals surface area contributed by atoms with E-state index < -0.39 is 0 Å². The molecular formula is C13H26N2. The first-order valence-corrected chi connectivity index (χ1v) is 6.77. The lowest BCUT2D eigenvalue weighted by Crippen LogP contribution is -2.27. The van der Waals surface area contributed by atoms with Crippen molar-refractivity contribution in [3.8, 4) is 0 Å². The summed E-state index contributed by atoms with van der Waals surface area (Å²) in [6, 6.07) is 0. The Morgan fingerprint density at radius 3 is 2.93 bits per heavy atom. The first-order valence-electron chi connectivity index (χ1n) is 6.77. The van der Waals surface area contributed by atoms with Gasteiger partial charge in [0, 0.05) is 0 Å². The number of hydrogen-bond donors (Lipinski definition) is 1. The van der Waals surface area contributed by atoms with E-state index in [-0.39, 0.29) is 0 Å². The molecule has 0 radical (unpaired) electrons. The van der Waals surface area contributed by atoms with Crippen LogP contribution in [0.25, 0.3) is 0 Å². The molecule has 2 fully saturated rings. The largest absolute Gasteiger partial charge is 0.316 e. The van der Waals surface area contributed by atoms with Gasteiger partial charge in [0.25, 0.3) is 0 Å². The highest BCUT2D eigenvalue weighted by molar-refractivity contribution is 4.74. The maximum absolute atomic E-state index is 3.46. The Kier molecular flexibility index (Phi) is 4.45. The molecule has 0 aliphatic carbocycles. The minimum Gasteiger partial charge on any atom is -0.316 e. The second-order valence-electron chi connectivity index (χ2n) is 5.53. The van der Waals surface area contributed by atoms with Crippen LogP contribution in [-0.2, 0) is 0 Å². The number of nitrogens with zero attached hydrogens (tertiary/aromatic N) is 1. The van der Waals surface area contributed by atoms with Gasteiger partial charge in [0.15, 0.2) is 0 Å². The van der Waals surface area contributed by atoms with Crippen LogP contribution in [0.4, 0.5) is 0 Å². The molecule has 0 saturated carbocycles. The number of nitrogens with one attached hydrogen (secondary N) is 1. The topological polar surface area (TPSA) is 15.3 Å². The normalized spacial score (nSPS) is 34.2. The second-order valence-corrected chi connectivity index (χ2v) is 5.53. The summed E-state index contributed by atoms with van der Waals surface area (Å²) < 4.78 is 0. The van der Waals surface area contributed by atoms with Crippen LogP contribution in [0.3, 0.4) is 0 Å². The zero-order valence-corrected chi connectivity index (χ0v) is 10.2. The summed E-state index contributed by atoms with van der Waals surface area (Å²) in [4.78, 5) is 2.70. The van der Waals surface area contributed by atoms with Crippen LogP contribution in [0.15, 0.2) is 0 Å². The van der Waals surface area contributed by atoms with Gasteiger partial charge in [-0.05, 0) is 76.7 Å². The summed E-state index contributed by atoms with van der Waals surface area (Å²) in [7, 11) is 0. The monoisotopic (exact) mass is 210 g/mol. The Morgan fingerprint density at radius 1 is 1.20 bits per heavy atom. The lowest BCUT2D eigenvalue weighted by molar-refractivity contribution is 0.261. The molecule has 2 unspecified atom stereocenters. The molecule has 2 nitrogen and oxygen atoms in total. The van der Waals surface area contributed by atoms with Gasteiger partial charge in [0.2, 0.25) is 0 Å². The third-order valence-corrected chi connectivity index (χ3v) is 4.13. The lowest BCUT2D eigenvalue weighted by Gasteiger charge is -2.21. The quantitative estimate of drug-likeness (QED) is 0.767. The molecule has 88 valence electrons. The minimum absolute atomic E-state index is 0.961. The average Bonchev–Trinajstić information content (AvgIpc) is 2.66. The van der Waals surface area contributed by atoms with E-state index in [9.17, 15) is 0 Å². The molecule has 2 aliphatic heterocycles. The maximum Gasteiger partial charge on any atom is -0.00156 e. The molecule has 1 N–H and O–H groups in total. The summed E-state index contributed by atoms with van der Waals surface area (Å²) in [5, 5.41) is 3.46. The number of hydrogen-bond acceptors (Lipinski definition) is 2. The van der Waals surface area contributed by atoms with Crippen molar-refractivity contribution in [1.29, 1.82) is 0 Å². The van der Waals surface area contributed by atoms with Crippen molar-refractivity contribution < 1.29 is 0 Å². The van der Waals surface area contributed by atoms with Gasteiger partial charge in [-0.1, -0.05) is 6.92 Å². The standard InChI is InChI=1S/C13H26N2/c1-12-3-2-8-15(9-5-12)10-6-13-4-7-14-11-13/h12-14H,2-11H2,1H3. The van der Waals surface area contributed by atoms with Gasteiger partial charge in [0.05, 0.1) is 0 Å². The van der Waals surface area contributed by atoms with E-state index in [0.717, 1.165) is 11.8 Å². The molecule has 2 saturated heterocycles. The Balaban J connectivity index is 1.64. The molecule has 0 aromatic carbocycles. The van der Waals surface area contributed by atoms with Crippen molar-refractivity contribution >= 4 is 0 Å². The molecule has 0 bridgehead atoms. The van der Waals surface area contributed by atoms with Crippen LogP contribution in [0.5, 0.6) is 0 Å². The lowest BCUT2D eigenvalue weighted by atomic mass is 10.0. The first kappa shape index (κ1) is 11.4. The van der Waals surface area contributed by atoms with Crippen LogP contribution in [0.2, 0.25) is 0 Å². The third kappa shape index (κ3) is 3.76. The fourth-order valence-electron chi connectivity index (χ4n) is 2.87. The van der Waals surface area contributed by atoms with E-state index in [2.05, 4.69) is 17.1 Å². The van der Waals surface area contributed by atoms with Gasteiger partial charge in [-0.2, -0.15) is 0 Å². The molecule has 0 amide bonds. The van der Waals surface area contributed by atoms with Gasteiger partial charge in [0.1, 0.15) is 0 Å². The fraction of sp³-hybridized carbons (Fsp3) is 1.00. The van der Waals surface area contributed by atoms with Crippen molar-refractivity contribution in [1.82, 2.24) is 10.2 Å². The van der Waals surface area contributed by atoms with E-state index in [1.807, 2.05) is 0 Å². The molecule has 2 heterocycles. The van der Waals surface area contributed by atoms with Crippen molar-refractivity contribution in [2.45, 2.75) is 39.0 Å². The van der Waals surface area contributed by atoms with E-state index >= 15 is 0 Å². The van der Waals surface area contributed by atoms with Crippen LogP contribution in [0, 0.1) is 11.8 Å². The molecule has 2 heteroatoms. The summed E-state index contributed by atoms with van der Waals surface area (Å²) in [5.74, 6) is 1.92. The van der Waals surface area contributed by atoms with E-state index in [1.165, 1.54) is 64.8 Å².